The van der Waals surface area contributed by atoms with Crippen molar-refractivity contribution < 1.29 is 4.74 Å². The maximum Gasteiger partial charge on any atom is 0.157 e. The van der Waals surface area contributed by atoms with Crippen molar-refractivity contribution in [2.45, 2.75) is 44.9 Å². The van der Waals surface area contributed by atoms with E-state index in [1.165, 1.54) is 0 Å². The van der Waals surface area contributed by atoms with Gasteiger partial charge in [-0.2, -0.15) is 10.4 Å². The molecule has 3 rings (SSSR count). The molecule has 1 aromatic heterocycles. The number of aryl methyl sites for hydroxylation is 1. The highest BCUT2D eigenvalue weighted by Gasteiger charge is 2.25. The van der Waals surface area contributed by atoms with Crippen molar-refractivity contribution in [3.05, 3.63) is 47.3 Å². The summed E-state index contributed by atoms with van der Waals surface area (Å²) in [5.41, 5.74) is 8.77. The molecule has 2 aromatic rings. The molecule has 1 aromatic carbocycles. The van der Waals surface area contributed by atoms with Crippen LogP contribution in [0.4, 0.5) is 0 Å². The van der Waals surface area contributed by atoms with Crippen LogP contribution in [-0.2, 0) is 6.54 Å². The van der Waals surface area contributed by atoms with Crippen LogP contribution in [0.5, 0.6) is 5.75 Å². The Bertz CT molecular complexity index is 701. The van der Waals surface area contributed by atoms with Gasteiger partial charge in [0, 0.05) is 6.04 Å². The van der Waals surface area contributed by atoms with Gasteiger partial charge in [-0.15, -0.1) is 0 Å². The van der Waals surface area contributed by atoms with E-state index in [4.69, 9.17) is 15.7 Å². The van der Waals surface area contributed by atoms with Gasteiger partial charge < -0.3 is 10.5 Å². The Balaban J connectivity index is 1.68. The zero-order valence-electron chi connectivity index (χ0n) is 12.7. The second-order valence-corrected chi connectivity index (χ2v) is 5.89. The molecule has 22 heavy (non-hydrogen) atoms. The van der Waals surface area contributed by atoms with Gasteiger partial charge in [0.2, 0.25) is 0 Å². The van der Waals surface area contributed by atoms with Crippen molar-refractivity contribution in [1.29, 1.82) is 5.26 Å². The first-order valence-corrected chi connectivity index (χ1v) is 7.60. The van der Waals surface area contributed by atoms with Crippen LogP contribution in [0, 0.1) is 18.3 Å². The molecule has 1 aliphatic carbocycles. The monoisotopic (exact) mass is 296 g/mol. The number of nitrogens with zero attached hydrogens (tertiary/aromatic N) is 3. The number of rotatable bonds is 4. The first-order chi connectivity index (χ1) is 10.7. The van der Waals surface area contributed by atoms with Gasteiger partial charge in [0.05, 0.1) is 30.6 Å². The normalized spacial score (nSPS) is 20.8. The van der Waals surface area contributed by atoms with Crippen molar-refractivity contribution in [1.82, 2.24) is 9.78 Å². The molecule has 0 aliphatic heterocycles. The van der Waals surface area contributed by atoms with E-state index >= 15 is 0 Å². The van der Waals surface area contributed by atoms with Crippen LogP contribution >= 0.6 is 0 Å². The highest BCUT2D eigenvalue weighted by Crippen LogP contribution is 2.23. The number of ether oxygens (including phenoxy) is 1. The predicted molar refractivity (Wildman–Crippen MR) is 83.5 cm³/mol. The second-order valence-electron chi connectivity index (χ2n) is 5.89. The minimum absolute atomic E-state index is 0.0993. The molecule has 1 aliphatic rings. The first kappa shape index (κ1) is 14.6. The Kier molecular flexibility index (Phi) is 4.12. The van der Waals surface area contributed by atoms with Crippen molar-refractivity contribution in [2.75, 3.05) is 0 Å². The summed E-state index contributed by atoms with van der Waals surface area (Å²) in [6, 6.07) is 8.23. The molecule has 0 spiro atoms. The van der Waals surface area contributed by atoms with Gasteiger partial charge in [0.25, 0.3) is 0 Å². The number of hydrogen-bond donors (Lipinski definition) is 1. The van der Waals surface area contributed by atoms with E-state index in [0.717, 1.165) is 36.1 Å². The van der Waals surface area contributed by atoms with Crippen molar-refractivity contribution in [3.63, 3.8) is 0 Å². The lowest BCUT2D eigenvalue weighted by atomic mass is 10.1. The quantitative estimate of drug-likeness (QED) is 0.939. The standard InChI is InChI=1S/C17H20N4O/c1-12-5-6-13(7-14(12)8-18)10-21-11-15(9-20-21)22-17-4-2-3-16(17)19/h5-7,9,11,16-17H,2-4,10,19H2,1H3/t16-,17+/m0/s1. The third kappa shape index (κ3) is 3.12. The Morgan fingerprint density at radius 3 is 3.05 bits per heavy atom. The maximum atomic E-state index is 9.09. The average Bonchev–Trinajstić information content (AvgIpc) is 3.11. The van der Waals surface area contributed by atoms with Crippen LogP contribution in [0.15, 0.2) is 30.6 Å². The molecule has 5 nitrogen and oxygen atoms in total. The number of nitriles is 1. The molecular weight excluding hydrogens is 276 g/mol. The lowest BCUT2D eigenvalue weighted by molar-refractivity contribution is 0.191. The van der Waals surface area contributed by atoms with Crippen molar-refractivity contribution >= 4 is 0 Å². The van der Waals surface area contributed by atoms with Gasteiger partial charge >= 0.3 is 0 Å². The third-order valence-electron chi connectivity index (χ3n) is 4.17. The number of benzene rings is 1. The zero-order chi connectivity index (χ0) is 15.5. The highest BCUT2D eigenvalue weighted by atomic mass is 16.5. The van der Waals surface area contributed by atoms with Crippen LogP contribution in [0.2, 0.25) is 0 Å². The summed E-state index contributed by atoms with van der Waals surface area (Å²) in [5, 5.41) is 13.4. The Morgan fingerprint density at radius 1 is 1.45 bits per heavy atom. The van der Waals surface area contributed by atoms with E-state index in [1.54, 1.807) is 6.20 Å². The van der Waals surface area contributed by atoms with Gasteiger partial charge in [-0.25, -0.2) is 0 Å². The minimum Gasteiger partial charge on any atom is -0.486 e. The van der Waals surface area contributed by atoms with Crippen LogP contribution in [0.1, 0.15) is 36.0 Å². The summed E-state index contributed by atoms with van der Waals surface area (Å²) in [6.07, 6.45) is 6.87. The lowest BCUT2D eigenvalue weighted by Crippen LogP contribution is -2.33. The molecule has 1 heterocycles. The van der Waals surface area contributed by atoms with E-state index in [-0.39, 0.29) is 12.1 Å². The van der Waals surface area contributed by atoms with E-state index in [2.05, 4.69) is 11.2 Å². The lowest BCUT2D eigenvalue weighted by Gasteiger charge is -2.15. The molecule has 0 amide bonds. The molecule has 1 fully saturated rings. The van der Waals surface area contributed by atoms with Crippen LogP contribution in [-0.4, -0.2) is 21.9 Å². The van der Waals surface area contributed by atoms with Crippen LogP contribution < -0.4 is 10.5 Å². The summed E-state index contributed by atoms with van der Waals surface area (Å²) in [4.78, 5) is 0. The Morgan fingerprint density at radius 2 is 2.32 bits per heavy atom. The molecule has 1 saturated carbocycles. The maximum absolute atomic E-state index is 9.09. The van der Waals surface area contributed by atoms with E-state index < -0.39 is 0 Å². The summed E-state index contributed by atoms with van der Waals surface area (Å²) < 4.78 is 7.73. The molecule has 0 bridgehead atoms. The summed E-state index contributed by atoms with van der Waals surface area (Å²) >= 11 is 0. The van der Waals surface area contributed by atoms with Crippen molar-refractivity contribution in [3.8, 4) is 11.8 Å². The minimum atomic E-state index is 0.0993. The fraction of sp³-hybridized carbons (Fsp3) is 0.412. The molecule has 114 valence electrons. The Hall–Kier alpha value is -2.32. The molecule has 5 heteroatoms. The second kappa shape index (κ2) is 6.20. The molecule has 0 radical (unpaired) electrons. The number of nitrogens with two attached hydrogens (primary N) is 1. The van der Waals surface area contributed by atoms with Gasteiger partial charge in [-0.05, 0) is 43.4 Å². The first-order valence-electron chi connectivity index (χ1n) is 7.60. The molecule has 0 unspecified atom stereocenters. The van der Waals surface area contributed by atoms with Crippen LogP contribution in [0.25, 0.3) is 0 Å². The fourth-order valence-electron chi connectivity index (χ4n) is 2.84. The van der Waals surface area contributed by atoms with Crippen LogP contribution in [0.3, 0.4) is 0 Å². The molecule has 2 N–H and O–H groups in total. The number of aromatic nitrogens is 2. The van der Waals surface area contributed by atoms with Gasteiger partial charge in [0.1, 0.15) is 6.10 Å². The topological polar surface area (TPSA) is 76.9 Å². The smallest absolute Gasteiger partial charge is 0.157 e. The average molecular weight is 296 g/mol. The SMILES string of the molecule is Cc1ccc(Cn2cc(O[C@@H]3CCC[C@@H]3N)cn2)cc1C#N. The summed E-state index contributed by atoms with van der Waals surface area (Å²) in [5.74, 6) is 0.759. The van der Waals surface area contributed by atoms with Crippen molar-refractivity contribution in [2.24, 2.45) is 5.73 Å². The third-order valence-corrected chi connectivity index (χ3v) is 4.17. The summed E-state index contributed by atoms with van der Waals surface area (Å²) in [7, 11) is 0. The van der Waals surface area contributed by atoms with E-state index in [0.29, 0.717) is 12.1 Å². The molecular formula is C17H20N4O. The highest BCUT2D eigenvalue weighted by molar-refractivity contribution is 5.39. The predicted octanol–water partition coefficient (Wildman–Crippen LogP) is 2.37. The van der Waals surface area contributed by atoms with Gasteiger partial charge in [-0.3, -0.25) is 4.68 Å². The van der Waals surface area contributed by atoms with Gasteiger partial charge in [-0.1, -0.05) is 12.1 Å². The van der Waals surface area contributed by atoms with E-state index in [1.807, 2.05) is 36.0 Å². The Labute approximate surface area is 130 Å². The largest absolute Gasteiger partial charge is 0.486 e. The van der Waals surface area contributed by atoms with Gasteiger partial charge in [0.15, 0.2) is 5.75 Å². The fourth-order valence-corrected chi connectivity index (χ4v) is 2.84. The summed E-state index contributed by atoms with van der Waals surface area (Å²) in [6.45, 7) is 2.56. The number of hydrogen-bond acceptors (Lipinski definition) is 4. The van der Waals surface area contributed by atoms with E-state index in [9.17, 15) is 0 Å². The molecule has 2 atom stereocenters. The zero-order valence-corrected chi connectivity index (χ0v) is 12.7. The molecule has 0 saturated heterocycles.